The molecule has 1 saturated heterocycles. The lowest BCUT2D eigenvalue weighted by Gasteiger charge is -2.14. The minimum absolute atomic E-state index is 0.188. The molecule has 0 bridgehead atoms. The summed E-state index contributed by atoms with van der Waals surface area (Å²) in [6.45, 7) is 2.47. The second kappa shape index (κ2) is 10.5. The molecule has 0 spiro atoms. The van der Waals surface area contributed by atoms with E-state index < -0.39 is 0 Å². The number of thioether (sulfide) groups is 1. The minimum Gasteiger partial charge on any atom is -0.462 e. The maximum atomic E-state index is 13.0. The Bertz CT molecular complexity index is 1230. The summed E-state index contributed by atoms with van der Waals surface area (Å²) in [6, 6.07) is 18.1. The van der Waals surface area contributed by atoms with E-state index in [1.54, 1.807) is 24.3 Å². The van der Waals surface area contributed by atoms with Crippen molar-refractivity contribution in [2.24, 2.45) is 0 Å². The van der Waals surface area contributed by atoms with Crippen LogP contribution in [0.1, 0.15) is 35.9 Å². The van der Waals surface area contributed by atoms with Crippen molar-refractivity contribution in [2.75, 3.05) is 11.5 Å². The van der Waals surface area contributed by atoms with Gasteiger partial charge in [-0.3, -0.25) is 9.69 Å². The number of esters is 1. The molecule has 0 aliphatic carbocycles. The molecule has 8 heteroatoms. The first-order chi connectivity index (χ1) is 16.0. The van der Waals surface area contributed by atoms with Crippen LogP contribution in [0.25, 0.3) is 17.4 Å². The fourth-order valence-corrected chi connectivity index (χ4v) is 4.85. The van der Waals surface area contributed by atoms with E-state index in [2.05, 4.69) is 15.9 Å². The van der Waals surface area contributed by atoms with Crippen molar-refractivity contribution in [3.8, 4) is 11.3 Å². The number of anilines is 1. The van der Waals surface area contributed by atoms with E-state index in [-0.39, 0.29) is 11.9 Å². The number of nitrogens with zero attached hydrogens (tertiary/aromatic N) is 1. The molecule has 0 radical (unpaired) electrons. The molecule has 2 aromatic carbocycles. The molecule has 1 aromatic heterocycles. The van der Waals surface area contributed by atoms with Gasteiger partial charge in [0.15, 0.2) is 4.32 Å². The smallest absolute Gasteiger partial charge is 0.338 e. The molecule has 3 aromatic rings. The van der Waals surface area contributed by atoms with E-state index in [9.17, 15) is 9.59 Å². The summed E-state index contributed by atoms with van der Waals surface area (Å²) in [6.07, 6.45) is 3.52. The number of furan rings is 1. The van der Waals surface area contributed by atoms with Crippen LogP contribution in [0, 0.1) is 0 Å². The van der Waals surface area contributed by atoms with Crippen LogP contribution >= 0.6 is 39.9 Å². The molecule has 1 aliphatic heterocycles. The van der Waals surface area contributed by atoms with E-state index >= 15 is 0 Å². The van der Waals surface area contributed by atoms with E-state index in [1.165, 1.54) is 16.7 Å². The molecule has 0 saturated carbocycles. The van der Waals surface area contributed by atoms with Gasteiger partial charge >= 0.3 is 5.97 Å². The van der Waals surface area contributed by atoms with Gasteiger partial charge in [-0.05, 0) is 48.9 Å². The molecule has 168 valence electrons. The van der Waals surface area contributed by atoms with Crippen molar-refractivity contribution in [2.45, 2.75) is 19.8 Å². The highest BCUT2D eigenvalue weighted by Crippen LogP contribution is 2.37. The van der Waals surface area contributed by atoms with Crippen LogP contribution in [0.15, 0.2) is 74.5 Å². The molecule has 33 heavy (non-hydrogen) atoms. The zero-order chi connectivity index (χ0) is 23.4. The Labute approximate surface area is 209 Å². The molecule has 0 atom stereocenters. The van der Waals surface area contributed by atoms with Crippen LogP contribution in [-0.4, -0.2) is 22.8 Å². The Morgan fingerprint density at radius 1 is 1.18 bits per heavy atom. The van der Waals surface area contributed by atoms with Gasteiger partial charge in [-0.25, -0.2) is 4.79 Å². The Balaban J connectivity index is 1.48. The molecular formula is C25H20BrNO4S2. The summed E-state index contributed by atoms with van der Waals surface area (Å²) in [5.41, 5.74) is 2.03. The third kappa shape index (κ3) is 5.46. The van der Waals surface area contributed by atoms with Crippen LogP contribution in [0.2, 0.25) is 0 Å². The summed E-state index contributed by atoms with van der Waals surface area (Å²) in [5.74, 6) is 0.659. The van der Waals surface area contributed by atoms with Crippen LogP contribution in [-0.2, 0) is 9.53 Å². The number of carbonyl (C=O) groups excluding carboxylic acids is 2. The summed E-state index contributed by atoms with van der Waals surface area (Å²) in [7, 11) is 0. The van der Waals surface area contributed by atoms with Crippen molar-refractivity contribution >= 4 is 67.9 Å². The highest BCUT2D eigenvalue weighted by Gasteiger charge is 2.33. The topological polar surface area (TPSA) is 59.8 Å². The average molecular weight is 542 g/mol. The molecule has 2 heterocycles. The second-order valence-electron chi connectivity index (χ2n) is 7.27. The Kier molecular flexibility index (Phi) is 7.47. The lowest BCUT2D eigenvalue weighted by molar-refractivity contribution is -0.113. The molecule has 0 N–H and O–H groups in total. The van der Waals surface area contributed by atoms with Crippen LogP contribution in [0.3, 0.4) is 0 Å². The first kappa shape index (κ1) is 23.5. The van der Waals surface area contributed by atoms with E-state index in [0.717, 1.165) is 22.9 Å². The summed E-state index contributed by atoms with van der Waals surface area (Å²) < 4.78 is 12.5. The maximum Gasteiger partial charge on any atom is 0.338 e. The van der Waals surface area contributed by atoms with Gasteiger partial charge < -0.3 is 9.15 Å². The number of unbranched alkanes of at least 4 members (excludes halogenated alkanes) is 1. The number of benzene rings is 2. The van der Waals surface area contributed by atoms with Gasteiger partial charge in [0.25, 0.3) is 5.91 Å². The lowest BCUT2D eigenvalue weighted by atomic mass is 10.1. The maximum absolute atomic E-state index is 13.0. The number of ether oxygens (including phenoxy) is 1. The molecule has 5 nitrogen and oxygen atoms in total. The largest absolute Gasteiger partial charge is 0.462 e. The third-order valence-electron chi connectivity index (χ3n) is 4.90. The van der Waals surface area contributed by atoms with E-state index in [4.69, 9.17) is 21.4 Å². The molecule has 0 unspecified atom stereocenters. The minimum atomic E-state index is -0.331. The SMILES string of the molecule is CCCCOC(=O)c1ccc(-c2ccc(/C=C3/SC(=S)N(c4cccc(Br)c4)C3=O)o2)cc1. The van der Waals surface area contributed by atoms with Gasteiger partial charge in [-0.2, -0.15) is 0 Å². The lowest BCUT2D eigenvalue weighted by Crippen LogP contribution is -2.27. The number of hydrogen-bond donors (Lipinski definition) is 0. The zero-order valence-corrected chi connectivity index (χ0v) is 21.0. The molecular weight excluding hydrogens is 522 g/mol. The van der Waals surface area contributed by atoms with Crippen molar-refractivity contribution < 1.29 is 18.7 Å². The Morgan fingerprint density at radius 3 is 2.70 bits per heavy atom. The first-order valence-electron chi connectivity index (χ1n) is 10.4. The zero-order valence-electron chi connectivity index (χ0n) is 17.7. The van der Waals surface area contributed by atoms with Gasteiger partial charge in [0, 0.05) is 16.1 Å². The summed E-state index contributed by atoms with van der Waals surface area (Å²) in [5, 5.41) is 0. The van der Waals surface area contributed by atoms with Crippen LogP contribution in [0.5, 0.6) is 0 Å². The molecule has 1 aliphatic rings. The van der Waals surface area contributed by atoms with Gasteiger partial charge in [-0.1, -0.05) is 71.5 Å². The second-order valence-corrected chi connectivity index (χ2v) is 9.86. The molecule has 1 fully saturated rings. The molecule has 1 amide bonds. The van der Waals surface area contributed by atoms with Crippen LogP contribution < -0.4 is 4.90 Å². The van der Waals surface area contributed by atoms with Gasteiger partial charge in [0.1, 0.15) is 11.5 Å². The number of carbonyl (C=O) groups is 2. The van der Waals surface area contributed by atoms with Crippen LogP contribution in [0.4, 0.5) is 5.69 Å². The number of halogens is 1. The summed E-state index contributed by atoms with van der Waals surface area (Å²) in [4.78, 5) is 27.0. The van der Waals surface area contributed by atoms with Gasteiger partial charge in [-0.15, -0.1) is 0 Å². The average Bonchev–Trinajstić information content (AvgIpc) is 3.38. The van der Waals surface area contributed by atoms with Gasteiger partial charge in [0.05, 0.1) is 22.8 Å². The fraction of sp³-hybridized carbons (Fsp3) is 0.160. The third-order valence-corrected chi connectivity index (χ3v) is 6.69. The fourth-order valence-electron chi connectivity index (χ4n) is 3.18. The normalized spacial score (nSPS) is 14.8. The Hall–Kier alpha value is -2.68. The van der Waals surface area contributed by atoms with Crippen molar-refractivity contribution in [1.29, 1.82) is 0 Å². The highest BCUT2D eigenvalue weighted by molar-refractivity contribution is 9.10. The van der Waals surface area contributed by atoms with E-state index in [1.807, 2.05) is 49.4 Å². The monoisotopic (exact) mass is 541 g/mol. The number of thiocarbonyl (C=S) groups is 1. The van der Waals surface area contributed by atoms with Crippen molar-refractivity contribution in [1.82, 2.24) is 0 Å². The van der Waals surface area contributed by atoms with Crippen molar-refractivity contribution in [3.05, 3.63) is 81.4 Å². The number of rotatable bonds is 7. The van der Waals surface area contributed by atoms with E-state index in [0.29, 0.717) is 38.6 Å². The predicted octanol–water partition coefficient (Wildman–Crippen LogP) is 7.07. The molecule has 4 rings (SSSR count). The Morgan fingerprint density at radius 2 is 1.97 bits per heavy atom. The standard InChI is InChI=1S/C25H20BrNO4S2/c1-2-3-13-30-24(29)17-9-7-16(8-10-17)21-12-11-20(31-21)15-22-23(28)27(25(32)33-22)19-6-4-5-18(26)14-19/h4-12,14-15H,2-3,13H2,1H3/b22-15+. The van der Waals surface area contributed by atoms with Gasteiger partial charge in [0.2, 0.25) is 0 Å². The number of amides is 1. The summed E-state index contributed by atoms with van der Waals surface area (Å²) >= 11 is 10.1. The first-order valence-corrected chi connectivity index (χ1v) is 12.4. The predicted molar refractivity (Wildman–Crippen MR) is 139 cm³/mol. The van der Waals surface area contributed by atoms with Crippen molar-refractivity contribution in [3.63, 3.8) is 0 Å². The highest BCUT2D eigenvalue weighted by atomic mass is 79.9. The number of hydrogen-bond acceptors (Lipinski definition) is 6. The quantitative estimate of drug-likeness (QED) is 0.138.